The zero-order valence-corrected chi connectivity index (χ0v) is 9.86. The smallest absolute Gasteiger partial charge is 0.341 e. The summed E-state index contributed by atoms with van der Waals surface area (Å²) in [6.07, 6.45) is 1.86. The maximum absolute atomic E-state index is 11.0. The first-order valence-electron chi connectivity index (χ1n) is 5.42. The number of aryl methyl sites for hydroxylation is 1. The first kappa shape index (κ1) is 12.5. The fourth-order valence-electron chi connectivity index (χ4n) is 1.44. The Balaban J connectivity index is 2.92. The molecule has 0 fully saturated rings. The molecule has 0 aliphatic heterocycles. The highest BCUT2D eigenvalue weighted by Crippen LogP contribution is 2.18. The van der Waals surface area contributed by atoms with Crippen LogP contribution in [0.3, 0.4) is 0 Å². The number of nitrogens with zero attached hydrogens (tertiary/aromatic N) is 1. The number of hydrogen-bond donors (Lipinski definition) is 1. The molecule has 0 bridgehead atoms. The fourth-order valence-corrected chi connectivity index (χ4v) is 1.44. The first-order valence-corrected chi connectivity index (χ1v) is 5.42. The zero-order valence-electron chi connectivity index (χ0n) is 9.86. The molecule has 1 unspecified atom stereocenters. The van der Waals surface area contributed by atoms with Crippen LogP contribution in [0.15, 0.2) is 12.1 Å². The molecule has 1 aromatic heterocycles. The van der Waals surface area contributed by atoms with Gasteiger partial charge in [0.2, 0.25) is 5.88 Å². The number of carboxylic acid groups (broad SMARTS) is 1. The van der Waals surface area contributed by atoms with Crippen LogP contribution in [0.1, 0.15) is 42.7 Å². The van der Waals surface area contributed by atoms with Crippen molar-refractivity contribution in [3.63, 3.8) is 0 Å². The minimum Gasteiger partial charge on any atom is -0.477 e. The molecule has 1 atom stereocenters. The second-order valence-electron chi connectivity index (χ2n) is 3.83. The molecule has 0 spiro atoms. The van der Waals surface area contributed by atoms with E-state index < -0.39 is 5.97 Å². The molecule has 16 heavy (non-hydrogen) atoms. The molecular weight excluding hydrogens is 206 g/mol. The maximum Gasteiger partial charge on any atom is 0.341 e. The Hall–Kier alpha value is -1.58. The van der Waals surface area contributed by atoms with Crippen LogP contribution < -0.4 is 4.74 Å². The summed E-state index contributed by atoms with van der Waals surface area (Å²) >= 11 is 0. The molecule has 0 amide bonds. The minimum absolute atomic E-state index is 0.0163. The highest BCUT2D eigenvalue weighted by Gasteiger charge is 2.15. The van der Waals surface area contributed by atoms with Gasteiger partial charge in [0.15, 0.2) is 0 Å². The van der Waals surface area contributed by atoms with Crippen molar-refractivity contribution in [2.45, 2.75) is 39.7 Å². The number of rotatable bonds is 5. The summed E-state index contributed by atoms with van der Waals surface area (Å²) in [5.41, 5.74) is 0.872. The highest BCUT2D eigenvalue weighted by molar-refractivity contribution is 5.90. The van der Waals surface area contributed by atoms with Crippen LogP contribution in [-0.4, -0.2) is 22.2 Å². The molecule has 1 aromatic rings. The van der Waals surface area contributed by atoms with Gasteiger partial charge >= 0.3 is 5.97 Å². The zero-order chi connectivity index (χ0) is 12.1. The third-order valence-corrected chi connectivity index (χ3v) is 2.24. The van der Waals surface area contributed by atoms with Crippen molar-refractivity contribution in [1.29, 1.82) is 0 Å². The summed E-state index contributed by atoms with van der Waals surface area (Å²) in [5.74, 6) is -0.792. The van der Waals surface area contributed by atoms with Gasteiger partial charge in [-0.3, -0.25) is 0 Å². The maximum atomic E-state index is 11.0. The fraction of sp³-hybridized carbons (Fsp3) is 0.500. The number of carbonyl (C=O) groups is 1. The number of ether oxygens (including phenoxy) is 1. The van der Waals surface area contributed by atoms with Gasteiger partial charge in [-0.2, -0.15) is 0 Å². The van der Waals surface area contributed by atoms with Crippen LogP contribution in [0.5, 0.6) is 5.88 Å². The van der Waals surface area contributed by atoms with E-state index in [0.29, 0.717) is 0 Å². The quantitative estimate of drug-likeness (QED) is 0.833. The molecular formula is C12H17NO3. The second kappa shape index (κ2) is 5.49. The standard InChI is InChI=1S/C12H17NO3/c1-4-5-9(3)16-11-10(12(14)15)7-6-8(2)13-11/h6-7,9H,4-5H2,1-3H3,(H,14,15). The Labute approximate surface area is 95.3 Å². The summed E-state index contributed by atoms with van der Waals surface area (Å²) in [6, 6.07) is 3.19. The van der Waals surface area contributed by atoms with Gasteiger partial charge < -0.3 is 9.84 Å². The Morgan fingerprint density at radius 1 is 1.56 bits per heavy atom. The van der Waals surface area contributed by atoms with Crippen LogP contribution in [-0.2, 0) is 0 Å². The van der Waals surface area contributed by atoms with Crippen LogP contribution in [0.4, 0.5) is 0 Å². The van der Waals surface area contributed by atoms with Crippen molar-refractivity contribution in [2.75, 3.05) is 0 Å². The largest absolute Gasteiger partial charge is 0.477 e. The Morgan fingerprint density at radius 3 is 2.81 bits per heavy atom. The number of pyridine rings is 1. The number of hydrogen-bond acceptors (Lipinski definition) is 3. The Bertz CT molecular complexity index is 377. The van der Waals surface area contributed by atoms with E-state index >= 15 is 0 Å². The van der Waals surface area contributed by atoms with E-state index in [1.54, 1.807) is 6.07 Å². The number of aromatic nitrogens is 1. The summed E-state index contributed by atoms with van der Waals surface area (Å²) in [4.78, 5) is 15.1. The van der Waals surface area contributed by atoms with Gasteiger partial charge in [-0.1, -0.05) is 13.3 Å². The van der Waals surface area contributed by atoms with Crippen LogP contribution in [0, 0.1) is 6.92 Å². The van der Waals surface area contributed by atoms with Crippen LogP contribution in [0.2, 0.25) is 0 Å². The van der Waals surface area contributed by atoms with E-state index in [2.05, 4.69) is 11.9 Å². The molecule has 0 aliphatic carbocycles. The van der Waals surface area contributed by atoms with Crippen molar-refractivity contribution in [1.82, 2.24) is 4.98 Å². The van der Waals surface area contributed by atoms with Gasteiger partial charge in [0.1, 0.15) is 5.56 Å². The Kier molecular flexibility index (Phi) is 4.28. The first-order chi connectivity index (χ1) is 7.54. The molecule has 0 saturated heterocycles. The number of aromatic carboxylic acids is 1. The molecule has 0 aliphatic rings. The van der Waals surface area contributed by atoms with E-state index in [4.69, 9.17) is 9.84 Å². The molecule has 1 N–H and O–H groups in total. The molecule has 1 rings (SSSR count). The molecule has 88 valence electrons. The van der Waals surface area contributed by atoms with Gasteiger partial charge in [0.25, 0.3) is 0 Å². The van der Waals surface area contributed by atoms with Crippen molar-refractivity contribution in [3.8, 4) is 5.88 Å². The lowest BCUT2D eigenvalue weighted by Crippen LogP contribution is -2.15. The van der Waals surface area contributed by atoms with Crippen molar-refractivity contribution >= 4 is 5.97 Å². The third-order valence-electron chi connectivity index (χ3n) is 2.24. The SMILES string of the molecule is CCCC(C)Oc1nc(C)ccc1C(=O)O. The van der Waals surface area contributed by atoms with Gasteiger partial charge in [-0.25, -0.2) is 9.78 Å². The van der Waals surface area contributed by atoms with E-state index in [9.17, 15) is 4.79 Å². The highest BCUT2D eigenvalue weighted by atomic mass is 16.5. The topological polar surface area (TPSA) is 59.4 Å². The van der Waals surface area contributed by atoms with Crippen molar-refractivity contribution < 1.29 is 14.6 Å². The predicted octanol–water partition coefficient (Wildman–Crippen LogP) is 2.66. The Morgan fingerprint density at radius 2 is 2.25 bits per heavy atom. The normalized spacial score (nSPS) is 12.2. The van der Waals surface area contributed by atoms with Crippen molar-refractivity contribution in [2.24, 2.45) is 0 Å². The number of carboxylic acids is 1. The third kappa shape index (κ3) is 3.22. The van der Waals surface area contributed by atoms with E-state index in [1.807, 2.05) is 13.8 Å². The molecule has 4 heteroatoms. The summed E-state index contributed by atoms with van der Waals surface area (Å²) in [6.45, 7) is 5.78. The van der Waals surface area contributed by atoms with Crippen LogP contribution in [0.25, 0.3) is 0 Å². The summed E-state index contributed by atoms with van der Waals surface area (Å²) < 4.78 is 5.54. The second-order valence-corrected chi connectivity index (χ2v) is 3.83. The lowest BCUT2D eigenvalue weighted by Gasteiger charge is -2.14. The van der Waals surface area contributed by atoms with Gasteiger partial charge in [0.05, 0.1) is 6.10 Å². The average Bonchev–Trinajstić information content (AvgIpc) is 2.17. The summed E-state index contributed by atoms with van der Waals surface area (Å²) in [7, 11) is 0. The lowest BCUT2D eigenvalue weighted by molar-refractivity contribution is 0.0688. The molecule has 0 radical (unpaired) electrons. The van der Waals surface area contributed by atoms with Crippen molar-refractivity contribution in [3.05, 3.63) is 23.4 Å². The molecule has 4 nitrogen and oxygen atoms in total. The van der Waals surface area contributed by atoms with Crippen LogP contribution >= 0.6 is 0 Å². The lowest BCUT2D eigenvalue weighted by atomic mass is 10.2. The monoisotopic (exact) mass is 223 g/mol. The minimum atomic E-state index is -1.01. The van der Waals surface area contributed by atoms with E-state index in [-0.39, 0.29) is 17.5 Å². The summed E-state index contributed by atoms with van der Waals surface area (Å²) in [5, 5.41) is 8.98. The van der Waals surface area contributed by atoms with Gasteiger partial charge in [-0.15, -0.1) is 0 Å². The predicted molar refractivity (Wildman–Crippen MR) is 60.9 cm³/mol. The van der Waals surface area contributed by atoms with E-state index in [1.165, 1.54) is 6.07 Å². The molecule has 0 saturated carbocycles. The molecule has 1 heterocycles. The average molecular weight is 223 g/mol. The van der Waals surface area contributed by atoms with Gasteiger partial charge in [0, 0.05) is 5.69 Å². The molecule has 0 aromatic carbocycles. The van der Waals surface area contributed by atoms with E-state index in [0.717, 1.165) is 18.5 Å². The van der Waals surface area contributed by atoms with Gasteiger partial charge in [-0.05, 0) is 32.4 Å².